The summed E-state index contributed by atoms with van der Waals surface area (Å²) in [6.45, 7) is -1.21. The number of aromatic nitrogens is 1. The van der Waals surface area contributed by atoms with E-state index >= 15 is 0 Å². The van der Waals surface area contributed by atoms with Crippen molar-refractivity contribution in [3.63, 3.8) is 0 Å². The van der Waals surface area contributed by atoms with Crippen molar-refractivity contribution in [1.82, 2.24) is 5.16 Å². The molecule has 7 heteroatoms. The normalized spacial score (nSPS) is 10.5. The van der Waals surface area contributed by atoms with Gasteiger partial charge in [0, 0.05) is 11.8 Å². The third kappa shape index (κ3) is 3.51. The third-order valence-electron chi connectivity index (χ3n) is 2.20. The summed E-state index contributed by atoms with van der Waals surface area (Å²) >= 11 is 0. The van der Waals surface area contributed by atoms with Gasteiger partial charge in [-0.1, -0.05) is 5.16 Å². The summed E-state index contributed by atoms with van der Waals surface area (Å²) in [6.07, 6.45) is 0. The number of aryl methyl sites for hydroxylation is 1. The number of carbonyl (C=O) groups excluding carboxylic acids is 1. The quantitative estimate of drug-likeness (QED) is 0.926. The van der Waals surface area contributed by atoms with Crippen LogP contribution in [0.3, 0.4) is 0 Å². The maximum Gasteiger partial charge on any atom is 0.387 e. The van der Waals surface area contributed by atoms with Gasteiger partial charge in [0.15, 0.2) is 5.69 Å². The van der Waals surface area contributed by atoms with E-state index in [4.69, 9.17) is 4.52 Å². The lowest BCUT2D eigenvalue weighted by atomic mass is 10.3. The van der Waals surface area contributed by atoms with Crippen LogP contribution in [0.1, 0.15) is 16.2 Å². The van der Waals surface area contributed by atoms with Crippen LogP contribution in [0.25, 0.3) is 0 Å². The number of rotatable bonds is 4. The van der Waals surface area contributed by atoms with E-state index in [0.717, 1.165) is 0 Å². The molecule has 100 valence electrons. The van der Waals surface area contributed by atoms with Crippen LogP contribution in [0.5, 0.6) is 5.75 Å². The molecule has 2 aromatic rings. The highest BCUT2D eigenvalue weighted by Gasteiger charge is 2.11. The number of nitrogens with one attached hydrogen (secondary N) is 1. The van der Waals surface area contributed by atoms with Crippen molar-refractivity contribution in [3.8, 4) is 5.75 Å². The van der Waals surface area contributed by atoms with Crippen molar-refractivity contribution < 1.29 is 22.8 Å². The lowest BCUT2D eigenvalue weighted by Gasteiger charge is -2.06. The highest BCUT2D eigenvalue weighted by atomic mass is 19.3. The smallest absolute Gasteiger partial charge is 0.387 e. The standard InChI is InChI=1S/C12H10F2N2O3/c1-7-6-10(16-19-7)11(17)15-8-2-4-9(5-3-8)18-12(13)14/h2-6,12H,1H3,(H,15,17). The van der Waals surface area contributed by atoms with Crippen molar-refractivity contribution in [2.75, 3.05) is 5.32 Å². The Labute approximate surface area is 107 Å². The van der Waals surface area contributed by atoms with E-state index < -0.39 is 12.5 Å². The van der Waals surface area contributed by atoms with E-state index in [0.29, 0.717) is 11.4 Å². The second-order valence-electron chi connectivity index (χ2n) is 3.68. The average molecular weight is 268 g/mol. The molecule has 0 fully saturated rings. The zero-order valence-electron chi connectivity index (χ0n) is 9.89. The van der Waals surface area contributed by atoms with Crippen LogP contribution in [0.15, 0.2) is 34.9 Å². The number of halogens is 2. The number of benzene rings is 1. The van der Waals surface area contributed by atoms with Crippen LogP contribution < -0.4 is 10.1 Å². The van der Waals surface area contributed by atoms with Gasteiger partial charge in [-0.15, -0.1) is 0 Å². The summed E-state index contributed by atoms with van der Waals surface area (Å²) in [5.41, 5.74) is 0.581. The molecule has 19 heavy (non-hydrogen) atoms. The summed E-state index contributed by atoms with van der Waals surface area (Å²) in [7, 11) is 0. The van der Waals surface area contributed by atoms with Crippen LogP contribution in [0.4, 0.5) is 14.5 Å². The van der Waals surface area contributed by atoms with Gasteiger partial charge in [0.2, 0.25) is 0 Å². The molecule has 2 rings (SSSR count). The van der Waals surface area contributed by atoms with E-state index in [9.17, 15) is 13.6 Å². The number of carbonyl (C=O) groups is 1. The number of hydrogen-bond donors (Lipinski definition) is 1. The molecule has 0 aliphatic heterocycles. The predicted molar refractivity (Wildman–Crippen MR) is 62.3 cm³/mol. The lowest BCUT2D eigenvalue weighted by Crippen LogP contribution is -2.12. The Kier molecular flexibility index (Phi) is 3.74. The second kappa shape index (κ2) is 5.47. The highest BCUT2D eigenvalue weighted by molar-refractivity contribution is 6.02. The molecular formula is C12H10F2N2O3. The molecule has 0 unspecified atom stereocenters. The first-order valence-electron chi connectivity index (χ1n) is 5.34. The monoisotopic (exact) mass is 268 g/mol. The molecule has 0 bridgehead atoms. The lowest BCUT2D eigenvalue weighted by molar-refractivity contribution is -0.0498. The zero-order chi connectivity index (χ0) is 13.8. The number of hydrogen-bond acceptors (Lipinski definition) is 4. The van der Waals surface area contributed by atoms with Gasteiger partial charge in [-0.05, 0) is 31.2 Å². The first kappa shape index (κ1) is 13.0. The molecule has 0 spiro atoms. The molecule has 1 heterocycles. The summed E-state index contributed by atoms with van der Waals surface area (Å²) in [6, 6.07) is 7.04. The molecule has 5 nitrogen and oxygen atoms in total. The summed E-state index contributed by atoms with van der Waals surface area (Å²) in [5, 5.41) is 6.11. The minimum atomic E-state index is -2.88. The largest absolute Gasteiger partial charge is 0.435 e. The van der Waals surface area contributed by atoms with Crippen LogP contribution in [-0.2, 0) is 0 Å². The van der Waals surface area contributed by atoms with E-state index in [1.807, 2.05) is 0 Å². The predicted octanol–water partition coefficient (Wildman–Crippen LogP) is 2.84. The van der Waals surface area contributed by atoms with E-state index in [1.165, 1.54) is 30.3 Å². The molecule has 1 amide bonds. The molecule has 1 aromatic heterocycles. The maximum atomic E-state index is 11.9. The van der Waals surface area contributed by atoms with Gasteiger partial charge in [0.25, 0.3) is 5.91 Å². The van der Waals surface area contributed by atoms with Crippen molar-refractivity contribution >= 4 is 11.6 Å². The number of nitrogens with zero attached hydrogens (tertiary/aromatic N) is 1. The van der Waals surface area contributed by atoms with Gasteiger partial charge in [0.05, 0.1) is 0 Å². The average Bonchev–Trinajstić information content (AvgIpc) is 2.78. The second-order valence-corrected chi connectivity index (χ2v) is 3.68. The minimum Gasteiger partial charge on any atom is -0.435 e. The van der Waals surface area contributed by atoms with Gasteiger partial charge < -0.3 is 14.6 Å². The van der Waals surface area contributed by atoms with Crippen LogP contribution in [0, 0.1) is 6.92 Å². The summed E-state index contributed by atoms with van der Waals surface area (Å²) in [4.78, 5) is 11.7. The molecule has 1 aromatic carbocycles. The van der Waals surface area contributed by atoms with Crippen molar-refractivity contribution in [1.29, 1.82) is 0 Å². The molecule has 0 saturated heterocycles. The van der Waals surface area contributed by atoms with Crippen molar-refractivity contribution in [2.24, 2.45) is 0 Å². The first-order chi connectivity index (χ1) is 9.04. The number of amides is 1. The van der Waals surface area contributed by atoms with Crippen LogP contribution >= 0.6 is 0 Å². The van der Waals surface area contributed by atoms with Crippen LogP contribution in [0.2, 0.25) is 0 Å². The van der Waals surface area contributed by atoms with E-state index in [1.54, 1.807) is 6.92 Å². The van der Waals surface area contributed by atoms with Gasteiger partial charge in [0.1, 0.15) is 11.5 Å². The fourth-order valence-corrected chi connectivity index (χ4v) is 1.39. The molecule has 0 aliphatic rings. The third-order valence-corrected chi connectivity index (χ3v) is 2.20. The Balaban J connectivity index is 2.01. The maximum absolute atomic E-state index is 11.9. The molecule has 0 atom stereocenters. The van der Waals surface area contributed by atoms with Gasteiger partial charge >= 0.3 is 6.61 Å². The molecule has 0 radical (unpaired) electrons. The van der Waals surface area contributed by atoms with Crippen molar-refractivity contribution in [3.05, 3.63) is 41.8 Å². The molecule has 1 N–H and O–H groups in total. The van der Waals surface area contributed by atoms with Crippen molar-refractivity contribution in [2.45, 2.75) is 13.5 Å². The summed E-state index contributed by atoms with van der Waals surface area (Å²) in [5.74, 6) is 0.0930. The number of anilines is 1. The fraction of sp³-hybridized carbons (Fsp3) is 0.167. The van der Waals surface area contributed by atoms with Gasteiger partial charge in [-0.25, -0.2) is 0 Å². The zero-order valence-corrected chi connectivity index (χ0v) is 9.89. The molecular weight excluding hydrogens is 258 g/mol. The van der Waals surface area contributed by atoms with Gasteiger partial charge in [-0.3, -0.25) is 4.79 Å². The Hall–Kier alpha value is -2.44. The first-order valence-corrected chi connectivity index (χ1v) is 5.34. The SMILES string of the molecule is Cc1cc(C(=O)Nc2ccc(OC(F)F)cc2)no1. The van der Waals surface area contributed by atoms with E-state index in [2.05, 4.69) is 15.2 Å². The van der Waals surface area contributed by atoms with E-state index in [-0.39, 0.29) is 11.4 Å². The molecule has 0 saturated carbocycles. The van der Waals surface area contributed by atoms with Gasteiger partial charge in [-0.2, -0.15) is 8.78 Å². The fourth-order valence-electron chi connectivity index (χ4n) is 1.39. The highest BCUT2D eigenvalue weighted by Crippen LogP contribution is 2.18. The molecule has 0 aliphatic carbocycles. The number of alkyl halides is 2. The summed E-state index contributed by atoms with van der Waals surface area (Å²) < 4.78 is 32.8. The Morgan fingerprint density at radius 3 is 2.58 bits per heavy atom. The number of ether oxygens (including phenoxy) is 1. The Morgan fingerprint density at radius 1 is 1.37 bits per heavy atom. The van der Waals surface area contributed by atoms with Crippen LogP contribution in [-0.4, -0.2) is 17.7 Å². The minimum absolute atomic E-state index is 0.0188. The topological polar surface area (TPSA) is 64.4 Å². The Bertz CT molecular complexity index is 567. The Morgan fingerprint density at radius 2 is 2.05 bits per heavy atom.